The smallest absolute Gasteiger partial charge is 0.307 e. The largest absolute Gasteiger partial charge is 0.390 e. The van der Waals surface area contributed by atoms with Gasteiger partial charge < -0.3 is 9.80 Å². The predicted molar refractivity (Wildman–Crippen MR) is 121 cm³/mol. The molecule has 4 rings (SSSR count). The van der Waals surface area contributed by atoms with E-state index in [0.29, 0.717) is 31.6 Å². The molecule has 0 unspecified atom stereocenters. The highest BCUT2D eigenvalue weighted by Crippen LogP contribution is 2.49. The van der Waals surface area contributed by atoms with E-state index in [1.807, 2.05) is 17.0 Å². The van der Waals surface area contributed by atoms with Crippen LogP contribution < -0.4 is 4.90 Å². The number of alkyl halides is 3. The Kier molecular flexibility index (Phi) is 6.25. The summed E-state index contributed by atoms with van der Waals surface area (Å²) in [6.07, 6.45) is -3.88. The number of hydrogen-bond acceptors (Lipinski definition) is 2. The molecule has 2 heterocycles. The van der Waals surface area contributed by atoms with E-state index in [-0.39, 0.29) is 24.1 Å². The molecule has 34 heavy (non-hydrogen) atoms. The van der Waals surface area contributed by atoms with Gasteiger partial charge in [0.2, 0.25) is 0 Å². The number of fused-ring (bicyclic) bond motifs is 2. The van der Waals surface area contributed by atoms with E-state index in [2.05, 4.69) is 26.8 Å². The van der Waals surface area contributed by atoms with Crippen LogP contribution in [0.25, 0.3) is 0 Å². The van der Waals surface area contributed by atoms with Crippen molar-refractivity contribution in [2.75, 3.05) is 31.1 Å². The second kappa shape index (κ2) is 8.63. The highest BCUT2D eigenvalue weighted by Gasteiger charge is 2.47. The van der Waals surface area contributed by atoms with Crippen LogP contribution in [0.2, 0.25) is 0 Å². The third-order valence-corrected chi connectivity index (χ3v) is 7.14. The quantitative estimate of drug-likeness (QED) is 0.488. The monoisotopic (exact) mass is 480 g/mol. The van der Waals surface area contributed by atoms with Gasteiger partial charge in [-0.3, -0.25) is 4.79 Å². The van der Waals surface area contributed by atoms with Gasteiger partial charge in [0.05, 0.1) is 12.0 Å². The summed E-state index contributed by atoms with van der Waals surface area (Å²) in [6, 6.07) is 9.43. The Morgan fingerprint density at radius 2 is 1.71 bits per heavy atom. The van der Waals surface area contributed by atoms with Crippen molar-refractivity contribution in [1.29, 1.82) is 0 Å². The predicted octanol–water partition coefficient (Wildman–Crippen LogP) is 6.21. The first-order valence-electron chi connectivity index (χ1n) is 11.5. The molecule has 1 amide bonds. The molecule has 1 fully saturated rings. The van der Waals surface area contributed by atoms with Gasteiger partial charge in [0.25, 0.3) is 5.91 Å². The molecule has 0 aromatic heterocycles. The molecule has 0 radical (unpaired) electrons. The van der Waals surface area contributed by atoms with Gasteiger partial charge in [-0.2, -0.15) is 13.2 Å². The number of rotatable bonds is 3. The Hall–Kier alpha value is -2.48. The fourth-order valence-corrected chi connectivity index (χ4v) is 5.05. The van der Waals surface area contributed by atoms with Gasteiger partial charge in [0, 0.05) is 24.2 Å². The van der Waals surface area contributed by atoms with Crippen LogP contribution in [0, 0.1) is 11.6 Å². The average Bonchev–Trinajstić information content (AvgIpc) is 3.07. The maximum Gasteiger partial charge on any atom is 0.390 e. The lowest BCUT2D eigenvalue weighted by Crippen LogP contribution is -2.46. The van der Waals surface area contributed by atoms with Gasteiger partial charge in [-0.15, -0.1) is 0 Å². The van der Waals surface area contributed by atoms with Crippen molar-refractivity contribution in [1.82, 2.24) is 4.90 Å². The minimum Gasteiger partial charge on any atom is -0.307 e. The summed E-state index contributed by atoms with van der Waals surface area (Å²) < 4.78 is 66.3. The zero-order valence-electron chi connectivity index (χ0n) is 19.6. The Balaban J connectivity index is 1.67. The minimum atomic E-state index is -4.20. The molecular formula is C26H29F5N2O. The molecule has 3 nitrogen and oxygen atoms in total. The Bertz CT molecular complexity index is 1080. The standard InChI is InChI=1S/C26H29F5N2O/c1-24(2,3)17-7-8-21-19(15-17)25(9-12-32(13-10-25)14-11-26(29,30)31)16-33(21)23(34)18-5-4-6-20(27)22(18)28/h4-8,15H,9-14,16H2,1-3H3. The van der Waals surface area contributed by atoms with Crippen molar-refractivity contribution in [3.63, 3.8) is 0 Å². The topological polar surface area (TPSA) is 23.6 Å². The zero-order chi connectivity index (χ0) is 24.9. The van der Waals surface area contributed by atoms with Crippen LogP contribution in [0.15, 0.2) is 36.4 Å². The van der Waals surface area contributed by atoms with Gasteiger partial charge in [-0.25, -0.2) is 8.78 Å². The van der Waals surface area contributed by atoms with Crippen molar-refractivity contribution in [2.24, 2.45) is 0 Å². The molecule has 0 bridgehead atoms. The molecule has 1 spiro atoms. The van der Waals surface area contributed by atoms with Crippen LogP contribution in [-0.2, 0) is 10.8 Å². The molecule has 2 aromatic carbocycles. The fraction of sp³-hybridized carbons (Fsp3) is 0.500. The van der Waals surface area contributed by atoms with Crippen molar-refractivity contribution < 1.29 is 26.7 Å². The summed E-state index contributed by atoms with van der Waals surface area (Å²) in [5.41, 5.74) is 1.79. The zero-order valence-corrected chi connectivity index (χ0v) is 19.6. The van der Waals surface area contributed by atoms with Crippen LogP contribution in [0.4, 0.5) is 27.6 Å². The Morgan fingerprint density at radius 1 is 1.03 bits per heavy atom. The van der Waals surface area contributed by atoms with Gasteiger partial charge in [0.15, 0.2) is 11.6 Å². The molecule has 8 heteroatoms. The Morgan fingerprint density at radius 3 is 2.32 bits per heavy atom. The number of piperidine rings is 1. The number of likely N-dealkylation sites (tertiary alicyclic amines) is 1. The lowest BCUT2D eigenvalue weighted by Gasteiger charge is -2.40. The number of halogens is 5. The molecular weight excluding hydrogens is 451 g/mol. The summed E-state index contributed by atoms with van der Waals surface area (Å²) in [4.78, 5) is 16.7. The molecule has 2 aliphatic rings. The molecule has 0 atom stereocenters. The summed E-state index contributed by atoms with van der Waals surface area (Å²) in [5.74, 6) is -2.87. The van der Waals surface area contributed by atoms with Crippen LogP contribution >= 0.6 is 0 Å². The second-order valence-corrected chi connectivity index (χ2v) is 10.5. The first kappa shape index (κ1) is 24.6. The van der Waals surface area contributed by atoms with Gasteiger partial charge in [0.1, 0.15) is 0 Å². The van der Waals surface area contributed by atoms with E-state index in [1.54, 1.807) is 0 Å². The first-order chi connectivity index (χ1) is 15.8. The second-order valence-electron chi connectivity index (χ2n) is 10.5. The normalized spacial score (nSPS) is 18.4. The Labute approximate surface area is 196 Å². The van der Waals surface area contributed by atoms with Gasteiger partial charge in [-0.1, -0.05) is 39.0 Å². The maximum atomic E-state index is 14.4. The van der Waals surface area contributed by atoms with E-state index >= 15 is 0 Å². The van der Waals surface area contributed by atoms with E-state index in [9.17, 15) is 26.7 Å². The SMILES string of the molecule is CC(C)(C)c1ccc2c(c1)C1(CCN(CCC(F)(F)F)CC1)CN2C(=O)c1cccc(F)c1F. The summed E-state index contributed by atoms with van der Waals surface area (Å²) in [5, 5.41) is 0. The molecule has 2 aliphatic heterocycles. The van der Waals surface area contributed by atoms with Crippen molar-refractivity contribution >= 4 is 11.6 Å². The van der Waals surface area contributed by atoms with Crippen molar-refractivity contribution in [3.8, 4) is 0 Å². The lowest BCUT2D eigenvalue weighted by atomic mass is 9.72. The van der Waals surface area contributed by atoms with Crippen LogP contribution in [0.3, 0.4) is 0 Å². The minimum absolute atomic E-state index is 0.0500. The third kappa shape index (κ3) is 4.69. The number of anilines is 1. The molecule has 0 N–H and O–H groups in total. The van der Waals surface area contributed by atoms with E-state index in [1.165, 1.54) is 17.0 Å². The number of carbonyl (C=O) groups is 1. The van der Waals surface area contributed by atoms with Gasteiger partial charge in [-0.05, 0) is 60.7 Å². The molecule has 1 saturated heterocycles. The number of nitrogens with zero attached hydrogens (tertiary/aromatic N) is 2. The molecule has 0 saturated carbocycles. The summed E-state index contributed by atoms with van der Waals surface area (Å²) in [7, 11) is 0. The maximum absolute atomic E-state index is 14.4. The van der Waals surface area contributed by atoms with Crippen molar-refractivity contribution in [3.05, 3.63) is 64.7 Å². The van der Waals surface area contributed by atoms with Crippen LogP contribution in [0.1, 0.15) is 61.5 Å². The third-order valence-electron chi connectivity index (χ3n) is 7.14. The number of carbonyl (C=O) groups excluding carboxylic acids is 1. The summed E-state index contributed by atoms with van der Waals surface area (Å²) in [6.45, 7) is 7.45. The molecule has 2 aromatic rings. The number of hydrogen-bond donors (Lipinski definition) is 0. The number of benzene rings is 2. The van der Waals surface area contributed by atoms with Crippen LogP contribution in [-0.4, -0.2) is 43.2 Å². The van der Waals surface area contributed by atoms with E-state index in [0.717, 1.165) is 17.2 Å². The molecule has 184 valence electrons. The highest BCUT2D eigenvalue weighted by molar-refractivity contribution is 6.08. The fourth-order valence-electron chi connectivity index (χ4n) is 5.05. The van der Waals surface area contributed by atoms with E-state index in [4.69, 9.17) is 0 Å². The first-order valence-corrected chi connectivity index (χ1v) is 11.5. The number of amides is 1. The van der Waals surface area contributed by atoms with Crippen LogP contribution in [0.5, 0.6) is 0 Å². The average molecular weight is 481 g/mol. The van der Waals surface area contributed by atoms with Gasteiger partial charge >= 0.3 is 6.18 Å². The van der Waals surface area contributed by atoms with Crippen molar-refractivity contribution in [2.45, 2.75) is 57.0 Å². The highest BCUT2D eigenvalue weighted by atomic mass is 19.4. The summed E-state index contributed by atoms with van der Waals surface area (Å²) >= 11 is 0. The molecule has 0 aliphatic carbocycles. The van der Waals surface area contributed by atoms with E-state index < -0.39 is 35.6 Å². The lowest BCUT2D eigenvalue weighted by molar-refractivity contribution is -0.138.